The fourth-order valence-electron chi connectivity index (χ4n) is 1.42. The van der Waals surface area contributed by atoms with E-state index in [4.69, 9.17) is 11.6 Å². The van der Waals surface area contributed by atoms with Gasteiger partial charge in [0, 0.05) is 0 Å². The molecule has 2 aromatic rings. The van der Waals surface area contributed by atoms with Crippen molar-refractivity contribution in [1.29, 1.82) is 0 Å². The van der Waals surface area contributed by atoms with E-state index in [9.17, 15) is 9.18 Å². The first-order valence-electron chi connectivity index (χ1n) is 4.75. The Morgan fingerprint density at radius 2 is 2.06 bits per heavy atom. The van der Waals surface area contributed by atoms with Crippen LogP contribution in [0.5, 0.6) is 0 Å². The fraction of sp³-hybridized carbons (Fsp3) is 0.0833. The number of thiophene rings is 1. The summed E-state index contributed by atoms with van der Waals surface area (Å²) < 4.78 is 14.5. The molecule has 5 heteroatoms. The molecule has 1 heterocycles. The third kappa shape index (κ3) is 2.44. The predicted molar refractivity (Wildman–Crippen MR) is 71.6 cm³/mol. The number of benzene rings is 1. The van der Waals surface area contributed by atoms with Gasteiger partial charge < -0.3 is 0 Å². The zero-order valence-electron chi connectivity index (χ0n) is 8.76. The second kappa shape index (κ2) is 4.88. The molecule has 0 unspecified atom stereocenters. The number of rotatable bonds is 2. The van der Waals surface area contributed by atoms with Crippen molar-refractivity contribution in [3.63, 3.8) is 0 Å². The van der Waals surface area contributed by atoms with Crippen molar-refractivity contribution in [2.75, 3.05) is 0 Å². The van der Waals surface area contributed by atoms with Crippen LogP contribution in [0.25, 0.3) is 0 Å². The summed E-state index contributed by atoms with van der Waals surface area (Å²) in [6.07, 6.45) is 0. The lowest BCUT2D eigenvalue weighted by molar-refractivity contribution is 0.103. The van der Waals surface area contributed by atoms with Crippen LogP contribution >= 0.6 is 38.9 Å². The average Bonchev–Trinajstić information content (AvgIpc) is 2.71. The molecule has 1 aromatic carbocycles. The quantitative estimate of drug-likeness (QED) is 0.719. The van der Waals surface area contributed by atoms with Crippen LogP contribution in [0.4, 0.5) is 4.39 Å². The molecule has 0 fully saturated rings. The average molecular weight is 334 g/mol. The summed E-state index contributed by atoms with van der Waals surface area (Å²) in [4.78, 5) is 12.6. The van der Waals surface area contributed by atoms with E-state index in [0.29, 0.717) is 10.4 Å². The molecule has 0 atom stereocenters. The van der Waals surface area contributed by atoms with Crippen LogP contribution in [0, 0.1) is 12.7 Å². The summed E-state index contributed by atoms with van der Waals surface area (Å²) in [6, 6.07) is 6.21. The van der Waals surface area contributed by atoms with Gasteiger partial charge in [-0.3, -0.25) is 4.79 Å². The van der Waals surface area contributed by atoms with Gasteiger partial charge >= 0.3 is 0 Å². The Hall–Kier alpha value is -0.710. The van der Waals surface area contributed by atoms with Crippen molar-refractivity contribution in [2.45, 2.75) is 6.92 Å². The van der Waals surface area contributed by atoms with Crippen LogP contribution in [-0.4, -0.2) is 5.78 Å². The summed E-state index contributed by atoms with van der Waals surface area (Å²) in [6.45, 7) is 1.74. The number of ketones is 1. The number of carbonyl (C=O) groups excluding carboxylic acids is 1. The monoisotopic (exact) mass is 332 g/mol. The van der Waals surface area contributed by atoms with E-state index >= 15 is 0 Å². The zero-order chi connectivity index (χ0) is 12.6. The Labute approximate surface area is 115 Å². The fourth-order valence-corrected chi connectivity index (χ4v) is 3.00. The van der Waals surface area contributed by atoms with Crippen LogP contribution in [0.2, 0.25) is 5.02 Å². The Bertz CT molecular complexity index is 594. The molecule has 1 nitrogen and oxygen atoms in total. The molecule has 0 amide bonds. The van der Waals surface area contributed by atoms with Crippen LogP contribution < -0.4 is 0 Å². The molecule has 0 saturated carbocycles. The lowest BCUT2D eigenvalue weighted by Crippen LogP contribution is -2.04. The van der Waals surface area contributed by atoms with Crippen molar-refractivity contribution < 1.29 is 9.18 Å². The first-order chi connectivity index (χ1) is 8.00. The van der Waals surface area contributed by atoms with Gasteiger partial charge in [0.15, 0.2) is 0 Å². The maximum Gasteiger partial charge on any atom is 0.207 e. The number of hydrogen-bond acceptors (Lipinski definition) is 2. The minimum absolute atomic E-state index is 0.0546. The Kier molecular flexibility index (Phi) is 3.66. The van der Waals surface area contributed by atoms with E-state index < -0.39 is 5.82 Å². The molecule has 0 aliphatic carbocycles. The summed E-state index contributed by atoms with van der Waals surface area (Å²) in [5.74, 6) is -0.970. The second-order valence-electron chi connectivity index (χ2n) is 3.49. The first-order valence-corrected chi connectivity index (χ1v) is 6.74. The lowest BCUT2D eigenvalue weighted by atomic mass is 10.1. The highest BCUT2D eigenvalue weighted by atomic mass is 79.9. The summed E-state index contributed by atoms with van der Waals surface area (Å²) in [5.41, 5.74) is 0.632. The van der Waals surface area contributed by atoms with E-state index in [0.717, 1.165) is 3.79 Å². The van der Waals surface area contributed by atoms with E-state index in [2.05, 4.69) is 15.9 Å². The van der Waals surface area contributed by atoms with Crippen LogP contribution in [0.15, 0.2) is 28.1 Å². The van der Waals surface area contributed by atoms with E-state index in [1.807, 2.05) is 0 Å². The van der Waals surface area contributed by atoms with E-state index in [1.54, 1.807) is 25.1 Å². The van der Waals surface area contributed by atoms with Gasteiger partial charge in [-0.15, -0.1) is 11.3 Å². The molecule has 0 saturated heterocycles. The third-order valence-electron chi connectivity index (χ3n) is 2.31. The molecule has 0 N–H and O–H groups in total. The first kappa shape index (κ1) is 12.7. The summed E-state index contributed by atoms with van der Waals surface area (Å²) >= 11 is 10.5. The van der Waals surface area contributed by atoms with Crippen molar-refractivity contribution in [1.82, 2.24) is 0 Å². The molecule has 0 aliphatic heterocycles. The zero-order valence-corrected chi connectivity index (χ0v) is 11.9. The van der Waals surface area contributed by atoms with E-state index in [-0.39, 0.29) is 16.4 Å². The highest BCUT2D eigenvalue weighted by Gasteiger charge is 2.20. The Morgan fingerprint density at radius 1 is 1.35 bits per heavy atom. The normalized spacial score (nSPS) is 10.6. The van der Waals surface area contributed by atoms with Gasteiger partial charge in [-0.05, 0) is 46.6 Å². The lowest BCUT2D eigenvalue weighted by Gasteiger charge is -2.06. The molecule has 0 radical (unpaired) electrons. The SMILES string of the molecule is Cc1ccc(F)c(C(=O)c2ccc(Br)s2)c1Cl. The van der Waals surface area contributed by atoms with Gasteiger partial charge in [0.2, 0.25) is 5.78 Å². The van der Waals surface area contributed by atoms with Gasteiger partial charge in [0.05, 0.1) is 19.2 Å². The van der Waals surface area contributed by atoms with Gasteiger partial charge in [-0.25, -0.2) is 4.39 Å². The smallest absolute Gasteiger partial charge is 0.207 e. The predicted octanol–water partition coefficient (Wildman–Crippen LogP) is 4.84. The van der Waals surface area contributed by atoms with Crippen molar-refractivity contribution in [3.05, 3.63) is 54.9 Å². The van der Waals surface area contributed by atoms with Crippen molar-refractivity contribution >= 4 is 44.7 Å². The molecular formula is C12H7BrClFOS. The minimum atomic E-state index is -0.588. The molecule has 17 heavy (non-hydrogen) atoms. The molecule has 0 bridgehead atoms. The summed E-state index contributed by atoms with van der Waals surface area (Å²) in [5, 5.41) is 0.180. The van der Waals surface area contributed by atoms with E-state index in [1.165, 1.54) is 17.4 Å². The Balaban J connectivity index is 2.54. The van der Waals surface area contributed by atoms with Crippen LogP contribution in [-0.2, 0) is 0 Å². The number of aryl methyl sites for hydroxylation is 1. The topological polar surface area (TPSA) is 17.1 Å². The number of halogens is 3. The maximum absolute atomic E-state index is 13.7. The van der Waals surface area contributed by atoms with Crippen LogP contribution in [0.1, 0.15) is 20.8 Å². The molecule has 0 spiro atoms. The minimum Gasteiger partial charge on any atom is -0.288 e. The van der Waals surface area contributed by atoms with Crippen molar-refractivity contribution in [3.8, 4) is 0 Å². The molecule has 2 rings (SSSR count). The number of hydrogen-bond donors (Lipinski definition) is 0. The molecule has 0 aliphatic rings. The highest BCUT2D eigenvalue weighted by molar-refractivity contribution is 9.11. The largest absolute Gasteiger partial charge is 0.288 e. The maximum atomic E-state index is 13.7. The van der Waals surface area contributed by atoms with Crippen molar-refractivity contribution in [2.24, 2.45) is 0 Å². The second-order valence-corrected chi connectivity index (χ2v) is 6.33. The Morgan fingerprint density at radius 3 is 2.65 bits per heavy atom. The van der Waals surface area contributed by atoms with Gasteiger partial charge in [-0.1, -0.05) is 17.7 Å². The standard InChI is InChI=1S/C12H7BrClFOS/c1-6-2-3-7(15)10(11(6)14)12(16)8-4-5-9(13)17-8/h2-5H,1H3. The number of carbonyl (C=O) groups is 1. The molecule has 1 aromatic heterocycles. The van der Waals surface area contributed by atoms with Crippen LogP contribution in [0.3, 0.4) is 0 Å². The highest BCUT2D eigenvalue weighted by Crippen LogP contribution is 2.29. The van der Waals surface area contributed by atoms with Gasteiger partial charge in [0.1, 0.15) is 5.82 Å². The third-order valence-corrected chi connectivity index (χ3v) is 4.42. The molecule has 88 valence electrons. The summed E-state index contributed by atoms with van der Waals surface area (Å²) in [7, 11) is 0. The van der Waals surface area contributed by atoms with Gasteiger partial charge in [0.25, 0.3) is 0 Å². The van der Waals surface area contributed by atoms with Gasteiger partial charge in [-0.2, -0.15) is 0 Å². The molecular weight excluding hydrogens is 327 g/mol.